The highest BCUT2D eigenvalue weighted by atomic mass is 16.5. The molecule has 0 unspecified atom stereocenters. The Morgan fingerprint density at radius 2 is 1.59 bits per heavy atom. The van der Waals surface area contributed by atoms with E-state index in [1.165, 1.54) is 0 Å². The first-order valence-electron chi connectivity index (χ1n) is 9.56. The molecule has 1 aliphatic rings. The van der Waals surface area contributed by atoms with Crippen LogP contribution in [0.5, 0.6) is 11.5 Å². The summed E-state index contributed by atoms with van der Waals surface area (Å²) in [4.78, 5) is 31.9. The quantitative estimate of drug-likeness (QED) is 0.723. The van der Waals surface area contributed by atoms with Crippen molar-refractivity contribution in [1.29, 1.82) is 0 Å². The van der Waals surface area contributed by atoms with Gasteiger partial charge in [-0.05, 0) is 24.3 Å². The molecule has 0 radical (unpaired) electrons. The van der Waals surface area contributed by atoms with E-state index in [0.717, 1.165) is 10.9 Å². The maximum atomic E-state index is 12.8. The number of methoxy groups -OCH3 is 1. The van der Waals surface area contributed by atoms with Crippen molar-refractivity contribution < 1.29 is 19.1 Å². The van der Waals surface area contributed by atoms with Crippen LogP contribution < -0.4 is 9.47 Å². The molecule has 2 aromatic carbocycles. The van der Waals surface area contributed by atoms with Crippen LogP contribution in [0.25, 0.3) is 10.9 Å². The summed E-state index contributed by atoms with van der Waals surface area (Å²) >= 11 is 0. The Morgan fingerprint density at radius 1 is 0.931 bits per heavy atom. The maximum absolute atomic E-state index is 12.8. The number of ether oxygens (including phenoxy) is 2. The number of para-hydroxylation sites is 3. The Hall–Kier alpha value is -3.48. The minimum atomic E-state index is -0.103. The Kier molecular flexibility index (Phi) is 5.37. The van der Waals surface area contributed by atoms with E-state index in [1.807, 2.05) is 42.5 Å². The monoisotopic (exact) mass is 393 g/mol. The molecule has 0 aliphatic carbocycles. The molecule has 4 rings (SSSR count). The number of hydrogen-bond donors (Lipinski definition) is 1. The van der Waals surface area contributed by atoms with E-state index in [4.69, 9.17) is 9.47 Å². The van der Waals surface area contributed by atoms with Gasteiger partial charge in [-0.15, -0.1) is 0 Å². The molecule has 1 N–H and O–H groups in total. The lowest BCUT2D eigenvalue weighted by molar-refractivity contribution is -0.134. The fourth-order valence-electron chi connectivity index (χ4n) is 3.49. The Morgan fingerprint density at radius 3 is 2.31 bits per heavy atom. The van der Waals surface area contributed by atoms with Crippen molar-refractivity contribution in [2.75, 3.05) is 39.9 Å². The zero-order chi connectivity index (χ0) is 20.2. The first-order chi connectivity index (χ1) is 14.2. The zero-order valence-electron chi connectivity index (χ0n) is 16.3. The molecule has 29 heavy (non-hydrogen) atoms. The largest absolute Gasteiger partial charge is 0.493 e. The van der Waals surface area contributed by atoms with Gasteiger partial charge in [0.1, 0.15) is 5.69 Å². The van der Waals surface area contributed by atoms with Crippen molar-refractivity contribution in [1.82, 2.24) is 14.8 Å². The molecule has 7 nitrogen and oxygen atoms in total. The van der Waals surface area contributed by atoms with Crippen LogP contribution >= 0.6 is 0 Å². The lowest BCUT2D eigenvalue weighted by Crippen LogP contribution is -2.51. The first-order valence-corrected chi connectivity index (χ1v) is 9.56. The van der Waals surface area contributed by atoms with Crippen molar-refractivity contribution in [2.24, 2.45) is 0 Å². The number of piperazine rings is 1. The lowest BCUT2D eigenvalue weighted by atomic mass is 10.2. The fraction of sp³-hybridized carbons (Fsp3) is 0.273. The van der Waals surface area contributed by atoms with Gasteiger partial charge in [0.15, 0.2) is 18.1 Å². The topological polar surface area (TPSA) is 74.9 Å². The van der Waals surface area contributed by atoms with Gasteiger partial charge in [-0.25, -0.2) is 0 Å². The summed E-state index contributed by atoms with van der Waals surface area (Å²) in [6, 6.07) is 16.9. The maximum Gasteiger partial charge on any atom is 0.270 e. The second kappa shape index (κ2) is 8.26. The molecule has 150 valence electrons. The average molecular weight is 393 g/mol. The van der Waals surface area contributed by atoms with Crippen LogP contribution in [0.4, 0.5) is 0 Å². The third-order valence-electron chi connectivity index (χ3n) is 5.10. The summed E-state index contributed by atoms with van der Waals surface area (Å²) in [5.74, 6) is 0.984. The molecule has 7 heteroatoms. The summed E-state index contributed by atoms with van der Waals surface area (Å²) in [5.41, 5.74) is 1.52. The van der Waals surface area contributed by atoms with Crippen molar-refractivity contribution in [3.8, 4) is 11.5 Å². The van der Waals surface area contributed by atoms with E-state index in [0.29, 0.717) is 43.4 Å². The van der Waals surface area contributed by atoms with Crippen LogP contribution in [0.1, 0.15) is 10.5 Å². The summed E-state index contributed by atoms with van der Waals surface area (Å²) < 4.78 is 10.8. The van der Waals surface area contributed by atoms with E-state index < -0.39 is 0 Å². The van der Waals surface area contributed by atoms with E-state index >= 15 is 0 Å². The molecular formula is C22H23N3O4. The Balaban J connectivity index is 1.31. The third kappa shape index (κ3) is 4.03. The van der Waals surface area contributed by atoms with Crippen molar-refractivity contribution in [3.05, 3.63) is 60.3 Å². The zero-order valence-corrected chi connectivity index (χ0v) is 16.3. The van der Waals surface area contributed by atoms with E-state index in [2.05, 4.69) is 4.98 Å². The van der Waals surface area contributed by atoms with Gasteiger partial charge in [-0.2, -0.15) is 0 Å². The standard InChI is InChI=1S/C22H23N3O4/c1-28-19-8-4-5-9-20(19)29-15-21(26)24-10-12-25(13-11-24)22(27)18-14-16-6-2-3-7-17(16)23-18/h2-9,14,23H,10-13,15H2,1H3. The number of hydrogen-bond acceptors (Lipinski definition) is 4. The number of rotatable bonds is 5. The minimum Gasteiger partial charge on any atom is -0.493 e. The highest BCUT2D eigenvalue weighted by Crippen LogP contribution is 2.25. The molecule has 0 bridgehead atoms. The van der Waals surface area contributed by atoms with Gasteiger partial charge in [0.05, 0.1) is 7.11 Å². The molecule has 1 aliphatic heterocycles. The SMILES string of the molecule is COc1ccccc1OCC(=O)N1CCN(C(=O)c2cc3ccccc3[nH]2)CC1. The summed E-state index contributed by atoms with van der Waals surface area (Å²) in [5, 5.41) is 1.01. The summed E-state index contributed by atoms with van der Waals surface area (Å²) in [6.07, 6.45) is 0. The van der Waals surface area contributed by atoms with Crippen molar-refractivity contribution in [2.45, 2.75) is 0 Å². The molecule has 0 atom stereocenters. The van der Waals surface area contributed by atoms with Crippen molar-refractivity contribution >= 4 is 22.7 Å². The number of carbonyl (C=O) groups excluding carboxylic acids is 2. The van der Waals surface area contributed by atoms with Gasteiger partial charge >= 0.3 is 0 Å². The first kappa shape index (κ1) is 18.9. The molecule has 1 aromatic heterocycles. The predicted molar refractivity (Wildman–Crippen MR) is 109 cm³/mol. The predicted octanol–water partition coefficient (Wildman–Crippen LogP) is 2.54. The second-order valence-corrected chi connectivity index (χ2v) is 6.88. The number of nitrogens with zero attached hydrogens (tertiary/aromatic N) is 2. The fourth-order valence-corrected chi connectivity index (χ4v) is 3.49. The van der Waals surface area contributed by atoms with Gasteiger partial charge in [0, 0.05) is 37.1 Å². The van der Waals surface area contributed by atoms with E-state index in [-0.39, 0.29) is 18.4 Å². The Bertz CT molecular complexity index is 989. The molecule has 0 saturated carbocycles. The van der Waals surface area contributed by atoms with Crippen LogP contribution in [0.15, 0.2) is 54.6 Å². The smallest absolute Gasteiger partial charge is 0.270 e. The van der Waals surface area contributed by atoms with Crippen LogP contribution in [-0.4, -0.2) is 66.5 Å². The van der Waals surface area contributed by atoms with Crippen LogP contribution in [0.3, 0.4) is 0 Å². The van der Waals surface area contributed by atoms with Crippen LogP contribution in [-0.2, 0) is 4.79 Å². The van der Waals surface area contributed by atoms with E-state index in [1.54, 1.807) is 29.0 Å². The molecule has 2 heterocycles. The normalized spacial score (nSPS) is 14.1. The molecule has 2 amide bonds. The number of benzene rings is 2. The number of nitrogens with one attached hydrogen (secondary N) is 1. The molecule has 3 aromatic rings. The van der Waals surface area contributed by atoms with Gasteiger partial charge in [0.25, 0.3) is 11.8 Å². The molecule has 0 spiro atoms. The molecular weight excluding hydrogens is 370 g/mol. The van der Waals surface area contributed by atoms with Gasteiger partial charge < -0.3 is 24.3 Å². The highest BCUT2D eigenvalue weighted by molar-refractivity contribution is 5.98. The third-order valence-corrected chi connectivity index (χ3v) is 5.10. The average Bonchev–Trinajstić information content (AvgIpc) is 3.21. The second-order valence-electron chi connectivity index (χ2n) is 6.88. The lowest BCUT2D eigenvalue weighted by Gasteiger charge is -2.34. The van der Waals surface area contributed by atoms with Crippen LogP contribution in [0.2, 0.25) is 0 Å². The Labute approximate surface area is 168 Å². The number of aromatic nitrogens is 1. The summed E-state index contributed by atoms with van der Waals surface area (Å²) in [6.45, 7) is 1.90. The van der Waals surface area contributed by atoms with Gasteiger partial charge in [-0.1, -0.05) is 30.3 Å². The summed E-state index contributed by atoms with van der Waals surface area (Å²) in [7, 11) is 1.56. The van der Waals surface area contributed by atoms with Crippen LogP contribution in [0, 0.1) is 0 Å². The van der Waals surface area contributed by atoms with Gasteiger partial charge in [0.2, 0.25) is 0 Å². The number of H-pyrrole nitrogens is 1. The molecule has 1 fully saturated rings. The van der Waals surface area contributed by atoms with Crippen molar-refractivity contribution in [3.63, 3.8) is 0 Å². The minimum absolute atomic E-state index is 0.0430. The van der Waals surface area contributed by atoms with Gasteiger partial charge in [-0.3, -0.25) is 9.59 Å². The highest BCUT2D eigenvalue weighted by Gasteiger charge is 2.26. The number of carbonyl (C=O) groups is 2. The number of fused-ring (bicyclic) bond motifs is 1. The number of amides is 2. The molecule has 1 saturated heterocycles. The van der Waals surface area contributed by atoms with E-state index in [9.17, 15) is 9.59 Å². The number of aromatic amines is 1.